The molecular formula is C22H31ClFN5O. The van der Waals surface area contributed by atoms with Crippen LogP contribution in [0.15, 0.2) is 24.3 Å². The summed E-state index contributed by atoms with van der Waals surface area (Å²) in [5.41, 5.74) is 2.52. The summed E-state index contributed by atoms with van der Waals surface area (Å²) in [6, 6.07) is 6.48. The van der Waals surface area contributed by atoms with Crippen molar-refractivity contribution in [1.29, 1.82) is 0 Å². The quantitative estimate of drug-likeness (QED) is 0.596. The molecule has 2 aromatic rings. The molecule has 0 aliphatic carbocycles. The molecule has 1 aliphatic heterocycles. The van der Waals surface area contributed by atoms with Crippen molar-refractivity contribution in [3.63, 3.8) is 0 Å². The lowest BCUT2D eigenvalue weighted by Gasteiger charge is -2.36. The van der Waals surface area contributed by atoms with Gasteiger partial charge in [0.05, 0.1) is 17.9 Å². The topological polar surface area (TPSA) is 44.6 Å². The fraction of sp³-hybridized carbons (Fsp3) is 0.545. The second kappa shape index (κ2) is 10.3. The maximum absolute atomic E-state index is 14.0. The first-order valence-electron chi connectivity index (χ1n) is 10.6. The van der Waals surface area contributed by atoms with Crippen molar-refractivity contribution in [2.75, 3.05) is 50.0 Å². The van der Waals surface area contributed by atoms with E-state index in [-0.39, 0.29) is 17.6 Å². The molecule has 0 N–H and O–H groups in total. The van der Waals surface area contributed by atoms with Crippen LogP contribution < -0.4 is 4.90 Å². The van der Waals surface area contributed by atoms with Crippen LogP contribution in [-0.2, 0) is 11.3 Å². The van der Waals surface area contributed by atoms with Gasteiger partial charge in [-0.3, -0.25) is 4.79 Å². The smallest absolute Gasteiger partial charge is 0.237 e. The van der Waals surface area contributed by atoms with E-state index in [1.165, 1.54) is 12.1 Å². The molecule has 3 rings (SSSR count). The molecule has 6 nitrogen and oxygen atoms in total. The van der Waals surface area contributed by atoms with Crippen molar-refractivity contribution in [1.82, 2.24) is 19.6 Å². The average molecular weight is 436 g/mol. The van der Waals surface area contributed by atoms with Gasteiger partial charge in [-0.2, -0.15) is 5.10 Å². The van der Waals surface area contributed by atoms with Crippen LogP contribution in [0, 0.1) is 12.7 Å². The molecule has 1 aliphatic rings. The monoisotopic (exact) mass is 435 g/mol. The Morgan fingerprint density at radius 3 is 2.57 bits per heavy atom. The molecule has 30 heavy (non-hydrogen) atoms. The molecule has 1 fully saturated rings. The summed E-state index contributed by atoms with van der Waals surface area (Å²) in [6.45, 7) is 11.9. The van der Waals surface area contributed by atoms with Crippen LogP contribution in [-0.4, -0.2) is 70.6 Å². The molecule has 0 bridgehead atoms. The summed E-state index contributed by atoms with van der Waals surface area (Å²) < 4.78 is 15.8. The average Bonchev–Trinajstić information content (AvgIpc) is 3.09. The Bertz CT molecular complexity index is 863. The number of alkyl halides is 1. The number of piperazine rings is 1. The van der Waals surface area contributed by atoms with Crippen LogP contribution in [0.4, 0.5) is 10.2 Å². The Labute approximate surface area is 183 Å². The van der Waals surface area contributed by atoms with E-state index in [1.807, 2.05) is 24.6 Å². The van der Waals surface area contributed by atoms with Gasteiger partial charge in [-0.05, 0) is 38.1 Å². The summed E-state index contributed by atoms with van der Waals surface area (Å²) >= 11 is 5.86. The second-order valence-electron chi connectivity index (χ2n) is 7.65. The SMILES string of the molecule is CCCN(Cc1c(C)nn(-c2cccc(F)c2)c1N1CCN(CC)CC1)C(=O)CCl. The van der Waals surface area contributed by atoms with Crippen LogP contribution in [0.3, 0.4) is 0 Å². The lowest BCUT2D eigenvalue weighted by atomic mass is 10.1. The standard InChI is InChI=1S/C22H31ClFN5O/c1-4-9-28(21(30)15-23)16-20-17(3)25-29(19-8-6-7-18(24)14-19)22(20)27-12-10-26(5-2)11-13-27/h6-8,14H,4-5,9-13,15-16H2,1-3H3. The van der Waals surface area contributed by atoms with E-state index in [1.54, 1.807) is 11.0 Å². The molecule has 2 heterocycles. The van der Waals surface area contributed by atoms with Gasteiger partial charge in [-0.25, -0.2) is 9.07 Å². The van der Waals surface area contributed by atoms with Crippen molar-refractivity contribution in [3.8, 4) is 5.69 Å². The molecule has 0 saturated carbocycles. The van der Waals surface area contributed by atoms with Crippen LogP contribution in [0.2, 0.25) is 0 Å². The Hall–Kier alpha value is -2.12. The largest absolute Gasteiger partial charge is 0.354 e. The van der Waals surface area contributed by atoms with E-state index >= 15 is 0 Å². The van der Waals surface area contributed by atoms with Gasteiger partial charge in [0.1, 0.15) is 17.5 Å². The fourth-order valence-corrected chi connectivity index (χ4v) is 4.13. The van der Waals surface area contributed by atoms with Crippen molar-refractivity contribution in [2.45, 2.75) is 33.7 Å². The zero-order valence-corrected chi connectivity index (χ0v) is 18.8. The lowest BCUT2D eigenvalue weighted by Crippen LogP contribution is -2.47. The number of anilines is 1. The molecule has 1 aromatic carbocycles. The van der Waals surface area contributed by atoms with E-state index < -0.39 is 0 Å². The Morgan fingerprint density at radius 2 is 1.97 bits per heavy atom. The highest BCUT2D eigenvalue weighted by Crippen LogP contribution is 2.30. The third-order valence-electron chi connectivity index (χ3n) is 5.64. The normalized spacial score (nSPS) is 14.9. The molecule has 164 valence electrons. The van der Waals surface area contributed by atoms with Crippen LogP contribution in [0.25, 0.3) is 5.69 Å². The van der Waals surface area contributed by atoms with Gasteiger partial charge in [-0.1, -0.05) is 19.9 Å². The van der Waals surface area contributed by atoms with Crippen LogP contribution >= 0.6 is 11.6 Å². The number of nitrogens with zero attached hydrogens (tertiary/aromatic N) is 5. The van der Waals surface area contributed by atoms with Gasteiger partial charge in [0, 0.05) is 38.3 Å². The summed E-state index contributed by atoms with van der Waals surface area (Å²) in [7, 11) is 0. The van der Waals surface area contributed by atoms with E-state index in [9.17, 15) is 9.18 Å². The second-order valence-corrected chi connectivity index (χ2v) is 7.92. The molecule has 0 spiro atoms. The first-order chi connectivity index (χ1) is 14.5. The maximum Gasteiger partial charge on any atom is 0.237 e. The minimum Gasteiger partial charge on any atom is -0.354 e. The summed E-state index contributed by atoms with van der Waals surface area (Å²) in [4.78, 5) is 18.9. The molecule has 0 unspecified atom stereocenters. The number of hydrogen-bond acceptors (Lipinski definition) is 4. The van der Waals surface area contributed by atoms with E-state index in [0.29, 0.717) is 18.8 Å². The number of benzene rings is 1. The van der Waals surface area contributed by atoms with Gasteiger partial charge < -0.3 is 14.7 Å². The Morgan fingerprint density at radius 1 is 1.23 bits per heavy atom. The highest BCUT2D eigenvalue weighted by Gasteiger charge is 2.27. The van der Waals surface area contributed by atoms with Crippen LogP contribution in [0.5, 0.6) is 0 Å². The maximum atomic E-state index is 14.0. The summed E-state index contributed by atoms with van der Waals surface area (Å²) in [6.07, 6.45) is 0.851. The number of rotatable bonds is 8. The van der Waals surface area contributed by atoms with Gasteiger partial charge >= 0.3 is 0 Å². The summed E-state index contributed by atoms with van der Waals surface area (Å²) in [5.74, 6) is 0.520. The fourth-order valence-electron chi connectivity index (χ4n) is 3.96. The summed E-state index contributed by atoms with van der Waals surface area (Å²) in [5, 5.41) is 4.76. The van der Waals surface area contributed by atoms with Crippen LogP contribution in [0.1, 0.15) is 31.5 Å². The number of aryl methyl sites for hydroxylation is 1. The zero-order chi connectivity index (χ0) is 21.7. The van der Waals surface area contributed by atoms with Crippen molar-refractivity contribution in [2.24, 2.45) is 0 Å². The van der Waals surface area contributed by atoms with Crippen molar-refractivity contribution >= 4 is 23.3 Å². The number of carbonyl (C=O) groups excluding carboxylic acids is 1. The molecule has 1 aromatic heterocycles. The zero-order valence-electron chi connectivity index (χ0n) is 18.1. The molecule has 0 atom stereocenters. The number of amides is 1. The van der Waals surface area contributed by atoms with Crippen molar-refractivity contribution in [3.05, 3.63) is 41.3 Å². The van der Waals surface area contributed by atoms with Gasteiger partial charge in [0.25, 0.3) is 0 Å². The number of likely N-dealkylation sites (N-methyl/N-ethyl adjacent to an activating group) is 1. The van der Waals surface area contributed by atoms with E-state index in [4.69, 9.17) is 16.7 Å². The Kier molecular flexibility index (Phi) is 7.72. The van der Waals surface area contributed by atoms with E-state index in [0.717, 1.165) is 56.2 Å². The third-order valence-corrected chi connectivity index (χ3v) is 5.87. The highest BCUT2D eigenvalue weighted by atomic mass is 35.5. The highest BCUT2D eigenvalue weighted by molar-refractivity contribution is 6.27. The van der Waals surface area contributed by atoms with E-state index in [2.05, 4.69) is 16.7 Å². The number of carbonyl (C=O) groups is 1. The lowest BCUT2D eigenvalue weighted by molar-refractivity contribution is -0.129. The third kappa shape index (κ3) is 4.95. The number of hydrogen-bond donors (Lipinski definition) is 0. The number of halogens is 2. The molecule has 0 radical (unpaired) electrons. The Balaban J connectivity index is 2.04. The molecule has 8 heteroatoms. The minimum atomic E-state index is -0.297. The van der Waals surface area contributed by atoms with Gasteiger partial charge in [0.2, 0.25) is 5.91 Å². The number of aromatic nitrogens is 2. The van der Waals surface area contributed by atoms with Gasteiger partial charge in [0.15, 0.2) is 0 Å². The first kappa shape index (κ1) is 22.6. The first-order valence-corrected chi connectivity index (χ1v) is 11.2. The minimum absolute atomic E-state index is 0.0401. The predicted octanol–water partition coefficient (Wildman–Crippen LogP) is 3.44. The molecule has 1 saturated heterocycles. The van der Waals surface area contributed by atoms with Gasteiger partial charge in [-0.15, -0.1) is 11.6 Å². The molecular weight excluding hydrogens is 405 g/mol. The predicted molar refractivity (Wildman–Crippen MR) is 119 cm³/mol. The molecule has 1 amide bonds. The van der Waals surface area contributed by atoms with Crippen molar-refractivity contribution < 1.29 is 9.18 Å².